The predicted molar refractivity (Wildman–Crippen MR) is 103 cm³/mol. The minimum Gasteiger partial charge on any atom is -0.493 e. The molecule has 2 N–H and O–H groups in total. The normalized spacial score (nSPS) is 28.5. The minimum absolute atomic E-state index is 0.0159. The highest BCUT2D eigenvalue weighted by Gasteiger charge is 2.93. The molecule has 1 aliphatic carbocycles. The van der Waals surface area contributed by atoms with E-state index in [1.165, 1.54) is 21.3 Å². The van der Waals surface area contributed by atoms with Crippen LogP contribution in [0.15, 0.2) is 17.1 Å². The maximum atomic E-state index is 10.3. The fraction of sp³-hybridized carbons (Fsp3) is 0.550. The van der Waals surface area contributed by atoms with E-state index in [1.54, 1.807) is 26.0 Å². The molecule has 3 atom stereocenters. The van der Waals surface area contributed by atoms with E-state index >= 15 is 0 Å². The maximum Gasteiger partial charge on any atom is 0.293 e. The number of hydrogen-bond acceptors (Lipinski definition) is 9. The second-order valence-corrected chi connectivity index (χ2v) is 6.68. The summed E-state index contributed by atoms with van der Waals surface area (Å²) in [6.07, 6.45) is 0. The summed E-state index contributed by atoms with van der Waals surface area (Å²) in [5.74, 6) is -1.10. The van der Waals surface area contributed by atoms with Gasteiger partial charge in [0.15, 0.2) is 16.9 Å². The number of nitriles is 2. The lowest BCUT2D eigenvalue weighted by Crippen LogP contribution is -2.43. The number of amidine groups is 1. The molecule has 9 nitrogen and oxygen atoms in total. The van der Waals surface area contributed by atoms with Crippen molar-refractivity contribution >= 4 is 5.84 Å². The van der Waals surface area contributed by atoms with Gasteiger partial charge in [0.2, 0.25) is 5.75 Å². The van der Waals surface area contributed by atoms with Gasteiger partial charge >= 0.3 is 0 Å². The van der Waals surface area contributed by atoms with Crippen molar-refractivity contribution in [2.24, 2.45) is 21.6 Å². The van der Waals surface area contributed by atoms with Crippen LogP contribution in [0.2, 0.25) is 0 Å². The maximum absolute atomic E-state index is 10.3. The van der Waals surface area contributed by atoms with Crippen LogP contribution in [0.3, 0.4) is 0 Å². The molecule has 154 valence electrons. The molecule has 9 heteroatoms. The highest BCUT2D eigenvalue weighted by atomic mass is 16.7. The summed E-state index contributed by atoms with van der Waals surface area (Å²) in [4.78, 5) is 4.33. The van der Waals surface area contributed by atoms with Crippen molar-refractivity contribution in [3.63, 3.8) is 0 Å². The summed E-state index contributed by atoms with van der Waals surface area (Å²) in [5.41, 5.74) is 3.99. The Morgan fingerprint density at radius 3 is 1.93 bits per heavy atom. The number of fused-ring (bicyclic) bond motifs is 1. The van der Waals surface area contributed by atoms with E-state index in [0.29, 0.717) is 22.8 Å². The molecule has 0 radical (unpaired) electrons. The third kappa shape index (κ3) is 2.29. The Morgan fingerprint density at radius 1 is 1.00 bits per heavy atom. The van der Waals surface area contributed by atoms with Gasteiger partial charge < -0.3 is 29.4 Å². The van der Waals surface area contributed by atoms with E-state index in [0.717, 1.165) is 0 Å². The van der Waals surface area contributed by atoms with Crippen LogP contribution in [-0.2, 0) is 9.47 Å². The lowest BCUT2D eigenvalue weighted by molar-refractivity contribution is -0.255. The van der Waals surface area contributed by atoms with Gasteiger partial charge in [-0.3, -0.25) is 0 Å². The molecule has 0 aromatic heterocycles. The van der Waals surface area contributed by atoms with Gasteiger partial charge in [0, 0.05) is 19.1 Å². The van der Waals surface area contributed by atoms with Crippen LogP contribution >= 0.6 is 0 Å². The van der Waals surface area contributed by atoms with Crippen molar-refractivity contribution in [2.45, 2.75) is 25.7 Å². The largest absolute Gasteiger partial charge is 0.493 e. The average molecular weight is 400 g/mol. The van der Waals surface area contributed by atoms with Crippen LogP contribution in [0, 0.1) is 33.5 Å². The monoisotopic (exact) mass is 400 g/mol. The highest BCUT2D eigenvalue weighted by Crippen LogP contribution is 2.82. The molecule has 1 fully saturated rings. The van der Waals surface area contributed by atoms with Crippen molar-refractivity contribution < 1.29 is 23.7 Å². The van der Waals surface area contributed by atoms with Crippen LogP contribution < -0.4 is 19.9 Å². The van der Waals surface area contributed by atoms with Gasteiger partial charge in [-0.15, -0.1) is 0 Å². The summed E-state index contributed by atoms with van der Waals surface area (Å²) in [6, 6.07) is 7.91. The van der Waals surface area contributed by atoms with Crippen LogP contribution in [0.1, 0.15) is 25.3 Å². The molecular formula is C20H24N4O5. The van der Waals surface area contributed by atoms with Crippen molar-refractivity contribution in [3.8, 4) is 29.4 Å². The molecule has 1 heterocycles. The number of aliphatic imine (C=N–C) groups is 1. The molecule has 0 amide bonds. The second kappa shape index (κ2) is 7.11. The summed E-state index contributed by atoms with van der Waals surface area (Å²) >= 11 is 0. The Balaban J connectivity index is 2.26. The first kappa shape index (κ1) is 20.7. The number of ether oxygens (including phenoxy) is 5. The number of hydrogen-bond donors (Lipinski definition) is 1. The minimum atomic E-state index is -1.67. The molecule has 3 rings (SSSR count). The summed E-state index contributed by atoms with van der Waals surface area (Å²) < 4.78 is 27.9. The molecule has 2 aliphatic rings. The smallest absolute Gasteiger partial charge is 0.293 e. The van der Waals surface area contributed by atoms with Crippen molar-refractivity contribution in [3.05, 3.63) is 17.7 Å². The highest BCUT2D eigenvalue weighted by molar-refractivity contribution is 6.00. The molecule has 29 heavy (non-hydrogen) atoms. The molecule has 0 spiro atoms. The van der Waals surface area contributed by atoms with Gasteiger partial charge in [0.05, 0.1) is 33.5 Å². The van der Waals surface area contributed by atoms with E-state index in [9.17, 15) is 10.5 Å². The first-order chi connectivity index (χ1) is 13.9. The first-order valence-corrected chi connectivity index (χ1v) is 9.19. The van der Waals surface area contributed by atoms with Crippen molar-refractivity contribution in [2.75, 3.05) is 34.5 Å². The summed E-state index contributed by atoms with van der Waals surface area (Å²) in [5, 5.41) is 20.4. The van der Waals surface area contributed by atoms with Gasteiger partial charge in [-0.1, -0.05) is 0 Å². The van der Waals surface area contributed by atoms with E-state index in [-0.39, 0.29) is 19.0 Å². The zero-order chi connectivity index (χ0) is 21.4. The summed E-state index contributed by atoms with van der Waals surface area (Å²) in [6.45, 7) is 3.98. The van der Waals surface area contributed by atoms with Crippen LogP contribution in [0.4, 0.5) is 0 Å². The molecule has 1 saturated carbocycles. The molecule has 1 aromatic rings. The lowest BCUT2D eigenvalue weighted by Gasteiger charge is -2.31. The molecule has 1 aliphatic heterocycles. The van der Waals surface area contributed by atoms with Crippen molar-refractivity contribution in [1.82, 2.24) is 0 Å². The Bertz CT molecular complexity index is 903. The van der Waals surface area contributed by atoms with E-state index in [1.807, 2.05) is 0 Å². The predicted octanol–water partition coefficient (Wildman–Crippen LogP) is 1.93. The fourth-order valence-corrected chi connectivity index (χ4v) is 4.52. The van der Waals surface area contributed by atoms with E-state index in [2.05, 4.69) is 17.1 Å². The zero-order valence-electron chi connectivity index (χ0n) is 17.1. The SMILES string of the molecule is CCOC1(OCC)N=C(N)[C@@]2(C#N)[C@@H](c3cc(OC)c(OC)c(OC)c3)[C@]12C#N. The van der Waals surface area contributed by atoms with Gasteiger partial charge in [-0.2, -0.15) is 10.5 Å². The quantitative estimate of drug-likeness (QED) is 0.655. The van der Waals surface area contributed by atoms with E-state index in [4.69, 9.17) is 29.4 Å². The summed E-state index contributed by atoms with van der Waals surface area (Å²) in [7, 11) is 4.49. The Kier molecular flexibility index (Phi) is 5.08. The number of rotatable bonds is 8. The van der Waals surface area contributed by atoms with Crippen LogP contribution in [-0.4, -0.2) is 46.3 Å². The third-order valence-electron chi connectivity index (χ3n) is 5.63. The van der Waals surface area contributed by atoms with Crippen molar-refractivity contribution in [1.29, 1.82) is 10.5 Å². The number of methoxy groups -OCH3 is 3. The Labute approximate surface area is 169 Å². The second-order valence-electron chi connectivity index (χ2n) is 6.68. The number of nitrogens with zero attached hydrogens (tertiary/aromatic N) is 3. The molecular weight excluding hydrogens is 376 g/mol. The topological polar surface area (TPSA) is 132 Å². The standard InChI is InChI=1S/C20H24N4O5/c1-6-28-20(29-7-2)19(11-22)16(18(19,10-21)17(23)24-20)12-8-13(25-3)15(27-5)14(9-12)26-4/h8-9,16H,6-7H2,1-5H3,(H2,23,24)/t16-,18-,19+/m1/s1. The Hall–Kier alpha value is -3.01. The van der Waals surface area contributed by atoms with Gasteiger partial charge in [-0.25, -0.2) is 4.99 Å². The zero-order valence-corrected chi connectivity index (χ0v) is 17.1. The molecule has 0 saturated heterocycles. The first-order valence-electron chi connectivity index (χ1n) is 9.19. The van der Waals surface area contributed by atoms with Gasteiger partial charge in [-0.05, 0) is 31.5 Å². The van der Waals surface area contributed by atoms with Crippen LogP contribution in [0.25, 0.3) is 0 Å². The number of benzene rings is 1. The van der Waals surface area contributed by atoms with Gasteiger partial charge in [0.1, 0.15) is 11.3 Å². The molecule has 0 bridgehead atoms. The molecule has 0 unspecified atom stereocenters. The lowest BCUT2D eigenvalue weighted by atomic mass is 9.93. The molecule has 1 aromatic carbocycles. The number of nitrogens with two attached hydrogens (primary N) is 1. The van der Waals surface area contributed by atoms with E-state index < -0.39 is 22.7 Å². The van der Waals surface area contributed by atoms with Gasteiger partial charge in [0.25, 0.3) is 5.91 Å². The third-order valence-corrected chi connectivity index (χ3v) is 5.63. The average Bonchev–Trinajstić information content (AvgIpc) is 3.31. The Morgan fingerprint density at radius 2 is 1.55 bits per heavy atom. The van der Waals surface area contributed by atoms with Crippen LogP contribution in [0.5, 0.6) is 17.2 Å². The fourth-order valence-electron chi connectivity index (χ4n) is 4.52.